The molecular formula is C100H72N4O6. The van der Waals surface area contributed by atoms with Gasteiger partial charge in [-0.1, -0.05) is 166 Å². The number of nitrogens with one attached hydrogen (secondary N) is 2. The van der Waals surface area contributed by atoms with Crippen molar-refractivity contribution < 1.29 is 28.8 Å². The van der Waals surface area contributed by atoms with Gasteiger partial charge >= 0.3 is 0 Å². The summed E-state index contributed by atoms with van der Waals surface area (Å²) in [5, 5.41) is 26.8. The van der Waals surface area contributed by atoms with Crippen molar-refractivity contribution >= 4 is 190 Å². The molecule has 3 aliphatic carbocycles. The summed E-state index contributed by atoms with van der Waals surface area (Å²) in [6.45, 7) is 27.3. The highest BCUT2D eigenvalue weighted by molar-refractivity contribution is 6.46. The summed E-state index contributed by atoms with van der Waals surface area (Å²) in [5.41, 5.74) is 22.2. The molecule has 16 aromatic rings. The molecule has 0 radical (unpaired) electrons. The Morgan fingerprint density at radius 2 is 0.491 bits per heavy atom. The summed E-state index contributed by atoms with van der Waals surface area (Å²) in [7, 11) is 0. The van der Waals surface area contributed by atoms with Gasteiger partial charge in [0.15, 0.2) is 0 Å². The van der Waals surface area contributed by atoms with Crippen molar-refractivity contribution in [1.82, 2.24) is 0 Å². The third-order valence-electron chi connectivity index (χ3n) is 24.5. The van der Waals surface area contributed by atoms with Crippen LogP contribution in [0.15, 0.2) is 194 Å². The first-order chi connectivity index (χ1) is 53.0. The number of hydrogen-bond acceptors (Lipinski definition) is 6. The maximum Gasteiger partial charge on any atom is 0.266 e. The fourth-order valence-corrected chi connectivity index (χ4v) is 19.3. The average molecular weight is 1430 g/mol. The van der Waals surface area contributed by atoms with E-state index in [-0.39, 0.29) is 59.1 Å². The highest BCUT2D eigenvalue weighted by Crippen LogP contribution is 2.58. The smallest absolute Gasteiger partial charge is 0.266 e. The van der Waals surface area contributed by atoms with Crippen LogP contribution in [0, 0.1) is 0 Å². The molecule has 110 heavy (non-hydrogen) atoms. The monoisotopic (exact) mass is 1420 g/mol. The molecule has 6 amide bonds. The minimum absolute atomic E-state index is 0.0856. The molecule has 10 heteroatoms. The van der Waals surface area contributed by atoms with Gasteiger partial charge in [-0.05, 0) is 321 Å². The molecule has 5 aliphatic rings. The predicted molar refractivity (Wildman–Crippen MR) is 455 cm³/mol. The van der Waals surface area contributed by atoms with Crippen molar-refractivity contribution in [2.75, 3.05) is 20.4 Å². The van der Waals surface area contributed by atoms with Crippen LogP contribution in [0.4, 0.5) is 22.7 Å². The molecular weight excluding hydrogens is 1350 g/mol. The van der Waals surface area contributed by atoms with E-state index in [2.05, 4.69) is 169 Å². The van der Waals surface area contributed by atoms with Gasteiger partial charge in [-0.15, -0.1) is 0 Å². The molecule has 0 saturated carbocycles. The summed E-state index contributed by atoms with van der Waals surface area (Å²) in [5.74, 6) is -2.38. The topological polar surface area (TPSA) is 133 Å². The van der Waals surface area contributed by atoms with Crippen LogP contribution in [0.3, 0.4) is 0 Å². The van der Waals surface area contributed by atoms with Crippen LogP contribution < -0.4 is 20.4 Å². The molecule has 0 aromatic heterocycles. The molecule has 0 fully saturated rings. The number of imide groups is 2. The van der Waals surface area contributed by atoms with Crippen LogP contribution in [-0.4, -0.2) is 35.4 Å². The molecule has 2 N–H and O–H groups in total. The van der Waals surface area contributed by atoms with Gasteiger partial charge in [0.2, 0.25) is 0 Å². The Kier molecular flexibility index (Phi) is 13.4. The number of benzene rings is 16. The zero-order valence-corrected chi connectivity index (χ0v) is 62.5. The molecule has 0 atom stereocenters. The first-order valence-corrected chi connectivity index (χ1v) is 38.1. The van der Waals surface area contributed by atoms with E-state index in [1.54, 1.807) is 13.8 Å². The predicted octanol–water partition coefficient (Wildman–Crippen LogP) is 25.2. The molecule has 528 valence electrons. The van der Waals surface area contributed by atoms with Gasteiger partial charge in [0.05, 0.1) is 11.4 Å². The van der Waals surface area contributed by atoms with Gasteiger partial charge in [0, 0.05) is 55.5 Å². The second-order valence-corrected chi connectivity index (χ2v) is 32.4. The van der Waals surface area contributed by atoms with Crippen LogP contribution >= 0.6 is 0 Å². The zero-order valence-electron chi connectivity index (χ0n) is 62.5. The molecule has 0 spiro atoms. The SMILES string of the molecule is C=C(C)C(=O)Nc1cc(C(C)C)c(N2C(=O)c3ccc4c5ccc6c7c(ccc(c8ccc(c3c48)C2=O)c75)-c2cc3cc4c(cc3cc2-6)C=Cc2cc3cc5c(cc3cc2C=C4)-c2ccc3c4ccc6c7c(ccc(c8ccc-5c2c83)c74)C(=O)N(c2c(C(C)C)cc(NC(=O)C(=C)C)cc2C(C)C)C6=O)c(C(C)C)c1. The lowest BCUT2D eigenvalue weighted by atomic mass is 9.83. The Morgan fingerprint density at radius 1 is 0.282 bits per heavy atom. The van der Waals surface area contributed by atoms with Crippen molar-refractivity contribution in [2.24, 2.45) is 0 Å². The lowest BCUT2D eigenvalue weighted by Gasteiger charge is -2.33. The van der Waals surface area contributed by atoms with Gasteiger partial charge in [-0.25, -0.2) is 9.80 Å². The minimum Gasteiger partial charge on any atom is -0.322 e. The van der Waals surface area contributed by atoms with Gasteiger partial charge in [0.1, 0.15) is 0 Å². The van der Waals surface area contributed by atoms with Crippen molar-refractivity contribution in [3.8, 4) is 44.5 Å². The van der Waals surface area contributed by atoms with Gasteiger partial charge in [0.25, 0.3) is 35.4 Å². The number of carbonyl (C=O) groups excluding carboxylic acids is 6. The quantitative estimate of drug-likeness (QED) is 0.0606. The van der Waals surface area contributed by atoms with E-state index in [1.165, 1.54) is 75.9 Å². The number of nitrogens with zero attached hydrogens (tertiary/aromatic N) is 2. The Balaban J connectivity index is 0.612. The maximum absolute atomic E-state index is 15.3. The fourth-order valence-electron chi connectivity index (χ4n) is 19.3. The number of rotatable bonds is 10. The highest BCUT2D eigenvalue weighted by Gasteiger charge is 2.42. The summed E-state index contributed by atoms with van der Waals surface area (Å²) in [4.78, 5) is 89.6. The normalized spacial score (nSPS) is 14.0. The van der Waals surface area contributed by atoms with Gasteiger partial charge in [-0.2, -0.15) is 0 Å². The number of carbonyl (C=O) groups is 6. The summed E-state index contributed by atoms with van der Waals surface area (Å²) in [6, 6.07) is 60.3. The van der Waals surface area contributed by atoms with Crippen molar-refractivity contribution in [3.05, 3.63) is 261 Å². The molecule has 0 unspecified atom stereocenters. The molecule has 21 rings (SSSR count). The number of fused-ring (bicyclic) bond motifs is 14. The van der Waals surface area contributed by atoms with Gasteiger partial charge in [-0.3, -0.25) is 28.8 Å². The van der Waals surface area contributed by atoms with E-state index < -0.39 is 0 Å². The van der Waals surface area contributed by atoms with Crippen LogP contribution in [-0.2, 0) is 9.59 Å². The number of anilines is 4. The maximum atomic E-state index is 15.3. The highest BCUT2D eigenvalue weighted by atomic mass is 16.2. The number of hydrogen-bond donors (Lipinski definition) is 2. The first kappa shape index (κ1) is 65.1. The Bertz CT molecular complexity index is 6490. The summed E-state index contributed by atoms with van der Waals surface area (Å²) >= 11 is 0. The van der Waals surface area contributed by atoms with Crippen LogP contribution in [0.5, 0.6) is 0 Å². The average Bonchev–Trinajstić information content (AvgIpc) is 1.07. The molecule has 10 nitrogen and oxygen atoms in total. The standard InChI is InChI=1S/C100H72N4O6/c1-45(2)77-41-59(101-95(105)49(9)10)42-78(46(3)4)93(77)103-97(107)73-29-25-65-61-17-21-69-81-37-55-33-51-13-15-53-35-57-39-83-71-23-19-63-67-27-31-75-92-76(100(110)104(99(75)109)94-79(47(5)6)43-60(44-80(94)48(7)8)102-96(106)50(11)12)32-28-68(88(67)92)64-20-24-72(90(71)86(63)64)84(83)40-58(57)36-54(53)16-14-52(51)34-56(55)38-82(81)70-22-18-62(85(61)89(69)70)66-26-30-74(98(103)108)91(73)87(65)66/h13-48H,9,11H2,1-8,10,12H3,(H,101,105)(H,102,106). The second-order valence-electron chi connectivity index (χ2n) is 32.4. The Morgan fingerprint density at radius 3 is 0.700 bits per heavy atom. The lowest BCUT2D eigenvalue weighted by Crippen LogP contribution is -2.42. The molecule has 2 aliphatic heterocycles. The van der Waals surface area contributed by atoms with E-state index in [9.17, 15) is 9.59 Å². The van der Waals surface area contributed by atoms with Gasteiger partial charge < -0.3 is 10.6 Å². The van der Waals surface area contributed by atoms with Crippen LogP contribution in [0.25, 0.3) is 177 Å². The minimum atomic E-state index is -0.365. The second kappa shape index (κ2) is 22.7. The number of amides is 6. The van der Waals surface area contributed by atoms with Crippen molar-refractivity contribution in [1.29, 1.82) is 0 Å². The van der Waals surface area contributed by atoms with Crippen molar-refractivity contribution in [3.63, 3.8) is 0 Å². The first-order valence-electron chi connectivity index (χ1n) is 38.1. The van der Waals surface area contributed by atoms with E-state index in [0.717, 1.165) is 120 Å². The summed E-state index contributed by atoms with van der Waals surface area (Å²) < 4.78 is 0. The van der Waals surface area contributed by atoms with Crippen molar-refractivity contribution in [2.45, 2.75) is 92.9 Å². The van der Waals surface area contributed by atoms with E-state index in [4.69, 9.17) is 0 Å². The molecule has 0 bridgehead atoms. The van der Waals surface area contributed by atoms with E-state index >= 15 is 19.2 Å². The fraction of sp³-hybridized carbons (Fsp3) is 0.140. The van der Waals surface area contributed by atoms with E-state index in [1.807, 2.05) is 104 Å². The molecule has 0 saturated heterocycles. The zero-order chi connectivity index (χ0) is 75.5. The van der Waals surface area contributed by atoms with E-state index in [0.29, 0.717) is 66.9 Å². The third kappa shape index (κ3) is 8.75. The molecule has 16 aromatic carbocycles. The molecule has 2 heterocycles. The third-order valence-corrected chi connectivity index (χ3v) is 24.5. The Labute approximate surface area is 634 Å². The van der Waals surface area contributed by atoms with Crippen LogP contribution in [0.2, 0.25) is 0 Å². The largest absolute Gasteiger partial charge is 0.322 e. The summed E-state index contributed by atoms with van der Waals surface area (Å²) in [6.07, 6.45) is 9.05. The van der Waals surface area contributed by atoms with Crippen LogP contribution in [0.1, 0.15) is 179 Å². The Hall–Kier alpha value is -13.2. The lowest BCUT2D eigenvalue weighted by molar-refractivity contribution is -0.113.